The largest absolute Gasteiger partial charge is 0.495 e. The molecule has 2 heterocycles. The lowest BCUT2D eigenvalue weighted by Crippen LogP contribution is -2.46. The van der Waals surface area contributed by atoms with Gasteiger partial charge in [-0.3, -0.25) is 9.88 Å². The third kappa shape index (κ3) is 4.14. The van der Waals surface area contributed by atoms with Gasteiger partial charge in [0.25, 0.3) is 0 Å². The highest BCUT2D eigenvalue weighted by atomic mass is 16.5. The molecule has 0 radical (unpaired) electrons. The summed E-state index contributed by atoms with van der Waals surface area (Å²) in [5.74, 6) is 2.33. The highest BCUT2D eigenvalue weighted by Gasteiger charge is 2.18. The number of hydrogen-bond donors (Lipinski definition) is 0. The van der Waals surface area contributed by atoms with E-state index in [1.807, 2.05) is 24.4 Å². The number of piperazine rings is 1. The second-order valence-corrected chi connectivity index (χ2v) is 6.04. The van der Waals surface area contributed by atoms with Crippen LogP contribution in [0.1, 0.15) is 5.56 Å². The van der Waals surface area contributed by atoms with Gasteiger partial charge in [-0.25, -0.2) is 0 Å². The van der Waals surface area contributed by atoms with Crippen molar-refractivity contribution in [3.05, 3.63) is 42.2 Å². The third-order valence-electron chi connectivity index (χ3n) is 4.52. The number of methoxy groups -OCH3 is 3. The van der Waals surface area contributed by atoms with Gasteiger partial charge in [-0.2, -0.15) is 0 Å². The van der Waals surface area contributed by atoms with Crippen molar-refractivity contribution in [2.75, 3.05) is 52.4 Å². The Morgan fingerprint density at radius 2 is 1.64 bits per heavy atom. The van der Waals surface area contributed by atoms with Crippen molar-refractivity contribution in [3.63, 3.8) is 0 Å². The number of anilines is 1. The van der Waals surface area contributed by atoms with E-state index in [1.54, 1.807) is 27.5 Å². The van der Waals surface area contributed by atoms with Crippen LogP contribution in [0.25, 0.3) is 0 Å². The molecule has 1 fully saturated rings. The Labute approximate surface area is 148 Å². The number of benzene rings is 1. The Morgan fingerprint density at radius 1 is 0.880 bits per heavy atom. The number of pyridine rings is 1. The molecule has 0 N–H and O–H groups in total. The normalized spacial score (nSPS) is 15.1. The maximum Gasteiger partial charge on any atom is 0.162 e. The fourth-order valence-electron chi connectivity index (χ4n) is 3.11. The molecule has 0 saturated carbocycles. The first kappa shape index (κ1) is 17.4. The molecule has 134 valence electrons. The Kier molecular flexibility index (Phi) is 5.60. The fraction of sp³-hybridized carbons (Fsp3) is 0.421. The van der Waals surface area contributed by atoms with Crippen LogP contribution in [0.4, 0.5) is 5.69 Å². The average molecular weight is 343 g/mol. The minimum Gasteiger partial charge on any atom is -0.495 e. The van der Waals surface area contributed by atoms with Crippen molar-refractivity contribution in [1.29, 1.82) is 0 Å². The van der Waals surface area contributed by atoms with Gasteiger partial charge in [0.15, 0.2) is 11.5 Å². The number of ether oxygens (including phenoxy) is 3. The summed E-state index contributed by atoms with van der Waals surface area (Å²) in [5.41, 5.74) is 2.35. The van der Waals surface area contributed by atoms with Crippen molar-refractivity contribution in [3.8, 4) is 17.2 Å². The van der Waals surface area contributed by atoms with Crippen molar-refractivity contribution < 1.29 is 14.2 Å². The van der Waals surface area contributed by atoms with E-state index in [1.165, 1.54) is 11.3 Å². The maximum absolute atomic E-state index is 5.41. The molecule has 0 bridgehead atoms. The quantitative estimate of drug-likeness (QED) is 0.803. The summed E-state index contributed by atoms with van der Waals surface area (Å²) < 4.78 is 16.0. The zero-order chi connectivity index (χ0) is 17.6. The monoisotopic (exact) mass is 343 g/mol. The zero-order valence-corrected chi connectivity index (χ0v) is 15.1. The smallest absolute Gasteiger partial charge is 0.162 e. The molecule has 0 atom stereocenters. The standard InChI is InChI=1S/C19H25N3O3/c1-23-17-10-15(12-20-13-17)14-21-6-8-22(9-7-21)16-4-5-18(24-2)19(11-16)25-3/h4-5,10-13H,6-9,14H2,1-3H3. The van der Waals surface area contributed by atoms with Crippen molar-refractivity contribution >= 4 is 5.69 Å². The van der Waals surface area contributed by atoms with E-state index in [2.05, 4.69) is 20.9 Å². The highest BCUT2D eigenvalue weighted by molar-refractivity contribution is 5.56. The molecule has 6 nitrogen and oxygen atoms in total. The van der Waals surface area contributed by atoms with Gasteiger partial charge in [0.05, 0.1) is 27.5 Å². The summed E-state index contributed by atoms with van der Waals surface area (Å²) in [6.45, 7) is 4.86. The molecule has 1 aliphatic heterocycles. The fourth-order valence-corrected chi connectivity index (χ4v) is 3.11. The van der Waals surface area contributed by atoms with Crippen LogP contribution < -0.4 is 19.1 Å². The van der Waals surface area contributed by atoms with Gasteiger partial charge in [-0.15, -0.1) is 0 Å². The number of nitrogens with zero attached hydrogens (tertiary/aromatic N) is 3. The summed E-state index contributed by atoms with van der Waals surface area (Å²) in [6, 6.07) is 8.14. The van der Waals surface area contributed by atoms with Crippen molar-refractivity contribution in [2.24, 2.45) is 0 Å². The van der Waals surface area contributed by atoms with E-state index < -0.39 is 0 Å². The predicted octanol–water partition coefficient (Wildman–Crippen LogP) is 2.43. The van der Waals surface area contributed by atoms with Gasteiger partial charge in [0.1, 0.15) is 5.75 Å². The van der Waals surface area contributed by atoms with E-state index in [-0.39, 0.29) is 0 Å². The Balaban J connectivity index is 1.60. The lowest BCUT2D eigenvalue weighted by molar-refractivity contribution is 0.249. The van der Waals surface area contributed by atoms with Crippen LogP contribution in [0.3, 0.4) is 0 Å². The van der Waals surface area contributed by atoms with Crippen LogP contribution in [-0.4, -0.2) is 57.4 Å². The van der Waals surface area contributed by atoms with Gasteiger partial charge < -0.3 is 19.1 Å². The molecular formula is C19H25N3O3. The molecule has 0 spiro atoms. The van der Waals surface area contributed by atoms with Crippen LogP contribution in [0.2, 0.25) is 0 Å². The molecular weight excluding hydrogens is 318 g/mol. The number of hydrogen-bond acceptors (Lipinski definition) is 6. The minimum absolute atomic E-state index is 0.760. The molecule has 3 rings (SSSR count). The summed E-state index contributed by atoms with van der Waals surface area (Å²) in [7, 11) is 4.99. The molecule has 6 heteroatoms. The van der Waals surface area contributed by atoms with Crippen molar-refractivity contribution in [2.45, 2.75) is 6.54 Å². The number of rotatable bonds is 6. The van der Waals surface area contributed by atoms with E-state index in [0.29, 0.717) is 0 Å². The number of aromatic nitrogens is 1. The van der Waals surface area contributed by atoms with E-state index in [9.17, 15) is 0 Å². The Bertz CT molecular complexity index is 700. The van der Waals surface area contributed by atoms with Crippen LogP contribution >= 0.6 is 0 Å². The zero-order valence-electron chi connectivity index (χ0n) is 15.1. The van der Waals surface area contributed by atoms with Crippen molar-refractivity contribution in [1.82, 2.24) is 9.88 Å². The molecule has 1 saturated heterocycles. The first-order chi connectivity index (χ1) is 12.2. The van der Waals surface area contributed by atoms with Gasteiger partial charge in [0, 0.05) is 50.7 Å². The van der Waals surface area contributed by atoms with Crippen LogP contribution in [0, 0.1) is 0 Å². The average Bonchev–Trinajstić information content (AvgIpc) is 2.68. The lowest BCUT2D eigenvalue weighted by atomic mass is 10.2. The molecule has 1 aromatic carbocycles. The Hall–Kier alpha value is -2.47. The molecule has 0 unspecified atom stereocenters. The topological polar surface area (TPSA) is 47.1 Å². The van der Waals surface area contributed by atoms with Gasteiger partial charge in [-0.05, 0) is 23.8 Å². The predicted molar refractivity (Wildman–Crippen MR) is 97.8 cm³/mol. The summed E-state index contributed by atoms with van der Waals surface area (Å²) in [5, 5.41) is 0. The SMILES string of the molecule is COc1cncc(CN2CCN(c3ccc(OC)c(OC)c3)CC2)c1. The van der Waals surface area contributed by atoms with Crippen LogP contribution in [0.5, 0.6) is 17.2 Å². The molecule has 0 amide bonds. The van der Waals surface area contributed by atoms with Crippen LogP contribution in [-0.2, 0) is 6.54 Å². The van der Waals surface area contributed by atoms with E-state index in [4.69, 9.17) is 14.2 Å². The Morgan fingerprint density at radius 3 is 2.32 bits per heavy atom. The summed E-state index contributed by atoms with van der Waals surface area (Å²) >= 11 is 0. The first-order valence-electron chi connectivity index (χ1n) is 8.40. The minimum atomic E-state index is 0.760. The molecule has 1 aliphatic rings. The second-order valence-electron chi connectivity index (χ2n) is 6.04. The van der Waals surface area contributed by atoms with Gasteiger partial charge in [0.2, 0.25) is 0 Å². The summed E-state index contributed by atoms with van der Waals surface area (Å²) in [4.78, 5) is 9.05. The lowest BCUT2D eigenvalue weighted by Gasteiger charge is -2.36. The molecule has 0 aliphatic carbocycles. The molecule has 1 aromatic heterocycles. The summed E-state index contributed by atoms with van der Waals surface area (Å²) in [6.07, 6.45) is 3.64. The third-order valence-corrected chi connectivity index (χ3v) is 4.52. The van der Waals surface area contributed by atoms with E-state index in [0.717, 1.165) is 50.0 Å². The maximum atomic E-state index is 5.41. The van der Waals surface area contributed by atoms with Gasteiger partial charge >= 0.3 is 0 Å². The highest BCUT2D eigenvalue weighted by Crippen LogP contribution is 2.31. The first-order valence-corrected chi connectivity index (χ1v) is 8.40. The second kappa shape index (κ2) is 8.07. The van der Waals surface area contributed by atoms with E-state index >= 15 is 0 Å². The van der Waals surface area contributed by atoms with Gasteiger partial charge in [-0.1, -0.05) is 0 Å². The molecule has 25 heavy (non-hydrogen) atoms. The van der Waals surface area contributed by atoms with Crippen LogP contribution in [0.15, 0.2) is 36.7 Å². The molecule has 2 aromatic rings.